The van der Waals surface area contributed by atoms with Crippen molar-refractivity contribution in [2.75, 3.05) is 18.6 Å². The molecule has 0 radical (unpaired) electrons. The van der Waals surface area contributed by atoms with Gasteiger partial charge in [0, 0.05) is 12.2 Å². The zero-order chi connectivity index (χ0) is 24.5. The molecule has 2 heterocycles. The van der Waals surface area contributed by atoms with Gasteiger partial charge in [-0.15, -0.1) is 0 Å². The lowest BCUT2D eigenvalue weighted by Gasteiger charge is -2.29. The average Bonchev–Trinajstić information content (AvgIpc) is 3.20. The fraction of sp³-hybridized carbons (Fsp3) is 0.217. The summed E-state index contributed by atoms with van der Waals surface area (Å²) in [5.74, 6) is -1.00. The van der Waals surface area contributed by atoms with Gasteiger partial charge in [0.1, 0.15) is 11.8 Å². The van der Waals surface area contributed by atoms with E-state index in [2.05, 4.69) is 0 Å². The van der Waals surface area contributed by atoms with E-state index in [1.165, 1.54) is 48.0 Å². The Morgan fingerprint density at radius 2 is 1.85 bits per heavy atom. The van der Waals surface area contributed by atoms with Gasteiger partial charge in [-0.25, -0.2) is 13.9 Å². The summed E-state index contributed by atoms with van der Waals surface area (Å²) in [5.41, 5.74) is 3.21. The fourth-order valence-electron chi connectivity index (χ4n) is 3.84. The monoisotopic (exact) mass is 485 g/mol. The van der Waals surface area contributed by atoms with Crippen LogP contribution in [0.1, 0.15) is 21.7 Å². The number of nitrogens with one attached hydrogen (secondary N) is 1. The molecule has 0 saturated carbocycles. The van der Waals surface area contributed by atoms with E-state index in [1.54, 1.807) is 37.3 Å². The van der Waals surface area contributed by atoms with Crippen molar-refractivity contribution in [1.29, 1.82) is 0 Å². The topological polar surface area (TPSA) is 129 Å². The van der Waals surface area contributed by atoms with Crippen LogP contribution in [-0.4, -0.2) is 49.4 Å². The molecular formula is C23H23N3O7S. The molecule has 1 atom stereocenters. The van der Waals surface area contributed by atoms with Crippen LogP contribution < -0.4 is 15.1 Å². The minimum atomic E-state index is -4.22. The molecule has 1 aliphatic rings. The number of para-hydroxylation sites is 1. The van der Waals surface area contributed by atoms with E-state index in [9.17, 15) is 23.2 Å². The maximum Gasteiger partial charge on any atom is 0.294 e. The number of hydroxylamine groups is 1. The predicted octanol–water partition coefficient (Wildman–Crippen LogP) is 2.32. The van der Waals surface area contributed by atoms with Crippen LogP contribution in [0.5, 0.6) is 5.75 Å². The molecule has 10 nitrogen and oxygen atoms in total. The van der Waals surface area contributed by atoms with Gasteiger partial charge < -0.3 is 14.1 Å². The summed E-state index contributed by atoms with van der Waals surface area (Å²) in [6.07, 6.45) is 1.43. The summed E-state index contributed by atoms with van der Waals surface area (Å²) in [7, 11) is -2.76. The number of nitrogens with zero attached hydrogens (tertiary/aromatic N) is 2. The highest BCUT2D eigenvalue weighted by Crippen LogP contribution is 2.32. The van der Waals surface area contributed by atoms with E-state index < -0.39 is 27.9 Å². The number of carbonyl (C=O) groups is 2. The summed E-state index contributed by atoms with van der Waals surface area (Å²) >= 11 is 0. The van der Waals surface area contributed by atoms with E-state index >= 15 is 0 Å². The normalized spacial score (nSPS) is 16.4. The van der Waals surface area contributed by atoms with Crippen molar-refractivity contribution in [1.82, 2.24) is 9.79 Å². The average molecular weight is 486 g/mol. The van der Waals surface area contributed by atoms with Gasteiger partial charge >= 0.3 is 0 Å². The number of furan rings is 1. The third-order valence-electron chi connectivity index (χ3n) is 5.58. The van der Waals surface area contributed by atoms with Crippen molar-refractivity contribution in [3.8, 4) is 5.75 Å². The van der Waals surface area contributed by atoms with Crippen molar-refractivity contribution in [2.24, 2.45) is 0 Å². The first kappa shape index (κ1) is 23.5. The van der Waals surface area contributed by atoms with Crippen molar-refractivity contribution in [2.45, 2.75) is 24.4 Å². The molecule has 11 heteroatoms. The number of amides is 2. The van der Waals surface area contributed by atoms with Crippen LogP contribution in [0.15, 0.2) is 70.2 Å². The molecule has 3 aromatic rings. The second-order valence-corrected chi connectivity index (χ2v) is 9.64. The molecule has 0 fully saturated rings. The first-order valence-corrected chi connectivity index (χ1v) is 11.7. The van der Waals surface area contributed by atoms with E-state index in [0.717, 1.165) is 9.87 Å². The number of benzene rings is 2. The fourth-order valence-corrected chi connectivity index (χ4v) is 5.40. The molecule has 4 rings (SSSR count). The van der Waals surface area contributed by atoms with Crippen LogP contribution in [0.3, 0.4) is 0 Å². The highest BCUT2D eigenvalue weighted by molar-refractivity contribution is 7.89. The Morgan fingerprint density at radius 1 is 1.15 bits per heavy atom. The quantitative estimate of drug-likeness (QED) is 0.419. The van der Waals surface area contributed by atoms with E-state index in [1.807, 2.05) is 0 Å². The molecule has 34 heavy (non-hydrogen) atoms. The highest BCUT2D eigenvalue weighted by Gasteiger charge is 2.42. The smallest absolute Gasteiger partial charge is 0.294 e. The maximum atomic E-state index is 13.6. The number of ether oxygens (including phenoxy) is 1. The van der Waals surface area contributed by atoms with Gasteiger partial charge in [0.15, 0.2) is 5.76 Å². The third kappa shape index (κ3) is 4.28. The van der Waals surface area contributed by atoms with Crippen molar-refractivity contribution < 1.29 is 32.4 Å². The van der Waals surface area contributed by atoms with Gasteiger partial charge in [0.05, 0.1) is 24.8 Å². The largest absolute Gasteiger partial charge is 0.497 e. The number of hydrogen-bond acceptors (Lipinski definition) is 7. The second-order valence-electron chi connectivity index (χ2n) is 7.75. The Hall–Kier alpha value is -3.67. The molecule has 1 aromatic heterocycles. The number of hydrogen-bond donors (Lipinski definition) is 2. The number of anilines is 1. The minimum absolute atomic E-state index is 0.0434. The summed E-state index contributed by atoms with van der Waals surface area (Å²) in [6.45, 7) is 1.21. The van der Waals surface area contributed by atoms with E-state index in [-0.39, 0.29) is 23.7 Å². The summed E-state index contributed by atoms with van der Waals surface area (Å²) in [5, 5.41) is 9.40. The van der Waals surface area contributed by atoms with Crippen LogP contribution in [-0.2, 0) is 21.4 Å². The van der Waals surface area contributed by atoms with Gasteiger partial charge in [-0.1, -0.05) is 18.2 Å². The number of sulfonamides is 1. The van der Waals surface area contributed by atoms with Gasteiger partial charge in [-0.3, -0.25) is 14.8 Å². The standard InChI is InChI=1S/C23H23N3O7S/c1-15-11-21(33-14-15)23(28)25-13-20(22(27)24-29)26(12-16-5-3-4-6-19(16)25)34(30,31)18-9-7-17(32-2)8-10-18/h3-11,14,20,29H,12-13H2,1-2H3,(H,24,27). The summed E-state index contributed by atoms with van der Waals surface area (Å²) in [4.78, 5) is 27.3. The number of carbonyl (C=O) groups excluding carboxylic acids is 2. The Kier molecular flexibility index (Phi) is 6.42. The molecule has 2 amide bonds. The number of aryl methyl sites for hydroxylation is 1. The highest BCUT2D eigenvalue weighted by atomic mass is 32.2. The number of methoxy groups -OCH3 is 1. The van der Waals surface area contributed by atoms with Crippen LogP contribution in [0.4, 0.5) is 5.69 Å². The SMILES string of the molecule is COc1ccc(S(=O)(=O)N2Cc3ccccc3N(C(=O)c3cc(C)co3)CC2C(=O)NO)cc1. The number of fused-ring (bicyclic) bond motifs is 1. The molecule has 0 bridgehead atoms. The summed E-state index contributed by atoms with van der Waals surface area (Å²) < 4.78 is 38.7. The van der Waals surface area contributed by atoms with Gasteiger partial charge in [-0.2, -0.15) is 4.31 Å². The molecule has 2 aromatic carbocycles. The molecular weight excluding hydrogens is 462 g/mol. The Balaban J connectivity index is 1.82. The first-order chi connectivity index (χ1) is 16.3. The molecule has 2 N–H and O–H groups in total. The Morgan fingerprint density at radius 3 is 2.47 bits per heavy atom. The van der Waals surface area contributed by atoms with E-state index in [0.29, 0.717) is 17.0 Å². The van der Waals surface area contributed by atoms with Crippen LogP contribution in [0.25, 0.3) is 0 Å². The van der Waals surface area contributed by atoms with Gasteiger partial charge in [0.25, 0.3) is 11.8 Å². The first-order valence-electron chi connectivity index (χ1n) is 10.3. The Bertz CT molecular complexity index is 1320. The molecule has 1 unspecified atom stereocenters. The molecule has 0 aliphatic carbocycles. The van der Waals surface area contributed by atoms with Crippen LogP contribution in [0.2, 0.25) is 0 Å². The predicted molar refractivity (Wildman–Crippen MR) is 121 cm³/mol. The minimum Gasteiger partial charge on any atom is -0.497 e. The lowest BCUT2D eigenvalue weighted by atomic mass is 10.1. The Labute approximate surface area is 196 Å². The molecule has 0 saturated heterocycles. The molecule has 1 aliphatic heterocycles. The van der Waals surface area contributed by atoms with E-state index in [4.69, 9.17) is 9.15 Å². The van der Waals surface area contributed by atoms with Crippen molar-refractivity contribution >= 4 is 27.5 Å². The van der Waals surface area contributed by atoms with Crippen LogP contribution in [0, 0.1) is 6.92 Å². The van der Waals surface area contributed by atoms with Gasteiger partial charge in [-0.05, 0) is 54.4 Å². The summed E-state index contributed by atoms with van der Waals surface area (Å²) in [6, 6.07) is 12.6. The number of rotatable bonds is 5. The molecule has 0 spiro atoms. The third-order valence-corrected chi connectivity index (χ3v) is 7.45. The zero-order valence-electron chi connectivity index (χ0n) is 18.5. The second kappa shape index (κ2) is 9.29. The lowest BCUT2D eigenvalue weighted by Crippen LogP contribution is -2.53. The van der Waals surface area contributed by atoms with Crippen molar-refractivity contribution in [3.05, 3.63) is 77.7 Å². The zero-order valence-corrected chi connectivity index (χ0v) is 19.3. The van der Waals surface area contributed by atoms with Gasteiger partial charge in [0.2, 0.25) is 10.0 Å². The molecule has 178 valence electrons. The van der Waals surface area contributed by atoms with Crippen molar-refractivity contribution in [3.63, 3.8) is 0 Å². The lowest BCUT2D eigenvalue weighted by molar-refractivity contribution is -0.133. The maximum absolute atomic E-state index is 13.6. The van der Waals surface area contributed by atoms with Crippen LogP contribution >= 0.6 is 0 Å².